The van der Waals surface area contributed by atoms with E-state index in [2.05, 4.69) is 42.2 Å². The quantitative estimate of drug-likeness (QED) is 0.188. The number of carboxylic acid groups (broad SMARTS) is 1. The molecule has 192 valence electrons. The molecule has 0 radical (unpaired) electrons. The molecule has 0 aliphatic rings. The first-order valence-electron chi connectivity index (χ1n) is 11.7. The Kier molecular flexibility index (Phi) is 8.08. The van der Waals surface area contributed by atoms with E-state index in [-0.39, 0.29) is 12.1 Å². The van der Waals surface area contributed by atoms with Crippen LogP contribution in [0.3, 0.4) is 0 Å². The predicted molar refractivity (Wildman–Crippen MR) is 140 cm³/mol. The highest BCUT2D eigenvalue weighted by molar-refractivity contribution is 7.12. The van der Waals surface area contributed by atoms with E-state index in [9.17, 15) is 19.5 Å². The molecule has 4 aromatic rings. The number of H-pyrrole nitrogens is 1. The maximum absolute atomic E-state index is 12.9. The first kappa shape index (κ1) is 25.8. The van der Waals surface area contributed by atoms with Crippen LogP contribution in [0.25, 0.3) is 10.9 Å². The van der Waals surface area contributed by atoms with Gasteiger partial charge in [0.1, 0.15) is 6.04 Å². The fourth-order valence-corrected chi connectivity index (χ4v) is 4.61. The van der Waals surface area contributed by atoms with Crippen LogP contribution in [0.4, 0.5) is 5.95 Å². The molecule has 0 saturated carbocycles. The van der Waals surface area contributed by atoms with Crippen LogP contribution < -0.4 is 16.0 Å². The van der Waals surface area contributed by atoms with Crippen LogP contribution in [0.5, 0.6) is 0 Å². The van der Waals surface area contributed by atoms with Crippen molar-refractivity contribution in [1.82, 2.24) is 30.8 Å². The number of nitrogens with one attached hydrogen (secondary N) is 4. The van der Waals surface area contributed by atoms with Gasteiger partial charge in [0.15, 0.2) is 0 Å². The van der Waals surface area contributed by atoms with Gasteiger partial charge in [-0.25, -0.2) is 14.8 Å². The van der Waals surface area contributed by atoms with Crippen molar-refractivity contribution in [1.29, 1.82) is 0 Å². The summed E-state index contributed by atoms with van der Waals surface area (Å²) in [4.78, 5) is 45.9. The van der Waals surface area contributed by atoms with Gasteiger partial charge in [-0.2, -0.15) is 5.10 Å². The largest absolute Gasteiger partial charge is 0.480 e. The van der Waals surface area contributed by atoms with E-state index in [1.165, 1.54) is 16.9 Å². The minimum Gasteiger partial charge on any atom is -0.480 e. The predicted octanol–water partition coefficient (Wildman–Crippen LogP) is 2.69. The number of benzene rings is 1. The van der Waals surface area contributed by atoms with E-state index < -0.39 is 23.8 Å². The number of carbonyl (C=O) groups is 3. The lowest BCUT2D eigenvalue weighted by molar-refractivity contribution is -0.139. The number of nitrogens with zero attached hydrogens (tertiary/aromatic N) is 3. The highest BCUT2D eigenvalue weighted by Crippen LogP contribution is 2.18. The highest BCUT2D eigenvalue weighted by Gasteiger charge is 2.24. The number of carbonyl (C=O) groups excluding carboxylic acids is 2. The first-order chi connectivity index (χ1) is 17.8. The molecule has 12 heteroatoms. The lowest BCUT2D eigenvalue weighted by Crippen LogP contribution is -2.48. The molecule has 3 aromatic heterocycles. The Balaban J connectivity index is 1.33. The van der Waals surface area contributed by atoms with Crippen LogP contribution in [0, 0.1) is 13.8 Å². The first-order valence-corrected chi connectivity index (χ1v) is 12.6. The Hall–Kier alpha value is -4.32. The van der Waals surface area contributed by atoms with E-state index in [0.29, 0.717) is 28.8 Å². The summed E-state index contributed by atoms with van der Waals surface area (Å²) in [5, 5.41) is 27.6. The fraction of sp³-hybridized carbons (Fsp3) is 0.280. The van der Waals surface area contributed by atoms with Crippen LogP contribution in [0.15, 0.2) is 41.9 Å². The zero-order valence-electron chi connectivity index (χ0n) is 20.4. The second-order valence-electron chi connectivity index (χ2n) is 8.42. The number of amides is 2. The van der Waals surface area contributed by atoms with Crippen molar-refractivity contribution in [2.24, 2.45) is 0 Å². The molecule has 11 nitrogen and oxygen atoms in total. The maximum atomic E-state index is 12.9. The minimum atomic E-state index is -1.31. The van der Waals surface area contributed by atoms with Crippen molar-refractivity contribution in [2.75, 3.05) is 18.4 Å². The molecule has 0 aliphatic carbocycles. The van der Waals surface area contributed by atoms with Gasteiger partial charge in [0, 0.05) is 18.5 Å². The topological polar surface area (TPSA) is 162 Å². The molecule has 0 aliphatic heterocycles. The molecule has 2 amide bonds. The summed E-state index contributed by atoms with van der Waals surface area (Å²) in [5.41, 5.74) is 3.25. The molecule has 0 bridgehead atoms. The van der Waals surface area contributed by atoms with Crippen LogP contribution >= 0.6 is 11.3 Å². The Morgan fingerprint density at radius 3 is 2.57 bits per heavy atom. The van der Waals surface area contributed by atoms with Crippen LogP contribution in [-0.4, -0.2) is 62.2 Å². The number of anilines is 1. The number of aromatic amines is 1. The summed E-state index contributed by atoms with van der Waals surface area (Å²) < 4.78 is 0. The minimum absolute atomic E-state index is 0.202. The zero-order chi connectivity index (χ0) is 26.4. The number of carboxylic acids is 1. The molecule has 1 unspecified atom stereocenters. The molecule has 0 fully saturated rings. The summed E-state index contributed by atoms with van der Waals surface area (Å²) in [5.74, 6) is -1.89. The summed E-state index contributed by atoms with van der Waals surface area (Å²) >= 11 is 1.24. The molecular formula is C25H27N7O4S. The molecule has 5 N–H and O–H groups in total. The van der Waals surface area contributed by atoms with Crippen molar-refractivity contribution >= 4 is 46.0 Å². The van der Waals surface area contributed by atoms with E-state index in [1.54, 1.807) is 31.4 Å². The fourth-order valence-electron chi connectivity index (χ4n) is 3.97. The third-order valence-electron chi connectivity index (χ3n) is 5.79. The Morgan fingerprint density at radius 1 is 1.08 bits per heavy atom. The van der Waals surface area contributed by atoms with E-state index in [0.717, 1.165) is 23.7 Å². The smallest absolute Gasteiger partial charge is 0.328 e. The molecule has 0 spiro atoms. The van der Waals surface area contributed by atoms with Crippen LogP contribution in [0.1, 0.15) is 43.4 Å². The number of rotatable bonds is 11. The second-order valence-corrected chi connectivity index (χ2v) is 9.37. The lowest BCUT2D eigenvalue weighted by Gasteiger charge is -2.17. The van der Waals surface area contributed by atoms with Crippen molar-refractivity contribution < 1.29 is 19.5 Å². The van der Waals surface area contributed by atoms with Crippen LogP contribution in [-0.2, 0) is 11.2 Å². The van der Waals surface area contributed by atoms with Crippen molar-refractivity contribution in [3.63, 3.8) is 0 Å². The molecule has 1 aromatic carbocycles. The second kappa shape index (κ2) is 11.6. The standard InChI is InChI=1S/C25H27N7O4S/c1-14-21(23(34)31-19(24(35)36)13-27-22(33)20-9-5-11-37-20)15(2)30-25(29-14)26-10-4-7-16-6-3-8-18-17(16)12-28-32-18/h3,5-6,8-9,11-12,19H,4,7,10,13H2,1-2H3,(H,27,33)(H,28,32)(H,31,34)(H,35,36)(H,26,29,30). The SMILES string of the molecule is Cc1nc(NCCCc2cccc3[nH]ncc23)nc(C)c1C(=O)NC(CNC(=O)c1cccs1)C(=O)O. The number of hydrogen-bond donors (Lipinski definition) is 5. The summed E-state index contributed by atoms with van der Waals surface area (Å²) in [6.07, 6.45) is 3.51. The Bertz CT molecular complexity index is 1390. The van der Waals surface area contributed by atoms with E-state index in [1.807, 2.05) is 18.3 Å². The number of hydrogen-bond acceptors (Lipinski definition) is 8. The molecule has 37 heavy (non-hydrogen) atoms. The van der Waals surface area contributed by atoms with Gasteiger partial charge in [-0.15, -0.1) is 11.3 Å². The average molecular weight is 522 g/mol. The maximum Gasteiger partial charge on any atom is 0.328 e. The van der Waals surface area contributed by atoms with Gasteiger partial charge >= 0.3 is 5.97 Å². The average Bonchev–Trinajstić information content (AvgIpc) is 3.56. The lowest BCUT2D eigenvalue weighted by atomic mass is 10.1. The van der Waals surface area contributed by atoms with Gasteiger partial charge in [-0.3, -0.25) is 14.7 Å². The van der Waals surface area contributed by atoms with Gasteiger partial charge in [0.25, 0.3) is 11.8 Å². The molecular weight excluding hydrogens is 494 g/mol. The zero-order valence-corrected chi connectivity index (χ0v) is 21.2. The van der Waals surface area contributed by atoms with Crippen molar-refractivity contribution in [3.8, 4) is 0 Å². The van der Waals surface area contributed by atoms with Gasteiger partial charge in [0.05, 0.1) is 33.5 Å². The Labute approximate surface area is 216 Å². The number of aliphatic carboxylic acids is 1. The van der Waals surface area contributed by atoms with Gasteiger partial charge in [0.2, 0.25) is 5.95 Å². The normalized spacial score (nSPS) is 11.7. The van der Waals surface area contributed by atoms with E-state index >= 15 is 0 Å². The number of fused-ring (bicyclic) bond motifs is 1. The highest BCUT2D eigenvalue weighted by atomic mass is 32.1. The molecule has 1 atom stereocenters. The van der Waals surface area contributed by atoms with E-state index in [4.69, 9.17) is 0 Å². The summed E-state index contributed by atoms with van der Waals surface area (Å²) in [6.45, 7) is 3.71. The van der Waals surface area contributed by atoms with Gasteiger partial charge in [-0.05, 0) is 49.8 Å². The molecule has 3 heterocycles. The molecule has 4 rings (SSSR count). The Morgan fingerprint density at radius 2 is 1.86 bits per heavy atom. The monoisotopic (exact) mass is 521 g/mol. The summed E-state index contributed by atoms with van der Waals surface area (Å²) in [6, 6.07) is 8.10. The number of aryl methyl sites for hydroxylation is 3. The molecule has 0 saturated heterocycles. The third kappa shape index (κ3) is 6.28. The van der Waals surface area contributed by atoms with Gasteiger partial charge < -0.3 is 21.1 Å². The van der Waals surface area contributed by atoms with Gasteiger partial charge in [-0.1, -0.05) is 18.2 Å². The van der Waals surface area contributed by atoms with Crippen molar-refractivity contribution in [2.45, 2.75) is 32.7 Å². The third-order valence-corrected chi connectivity index (χ3v) is 6.66. The summed E-state index contributed by atoms with van der Waals surface area (Å²) in [7, 11) is 0. The number of thiophene rings is 1. The van der Waals surface area contributed by atoms with Crippen molar-refractivity contribution in [3.05, 3.63) is 69.3 Å². The van der Waals surface area contributed by atoms with Crippen LogP contribution in [0.2, 0.25) is 0 Å². The number of aromatic nitrogens is 4.